The maximum atomic E-state index is 12.8. The van der Waals surface area contributed by atoms with Gasteiger partial charge in [0.15, 0.2) is 5.16 Å². The Balaban J connectivity index is 2.19. The number of fused-ring (bicyclic) bond motifs is 1. The van der Waals surface area contributed by atoms with Crippen LogP contribution in [0.25, 0.3) is 10.9 Å². The van der Waals surface area contributed by atoms with Crippen LogP contribution in [0.4, 0.5) is 0 Å². The van der Waals surface area contributed by atoms with Gasteiger partial charge in [-0.05, 0) is 12.1 Å². The summed E-state index contributed by atoms with van der Waals surface area (Å²) in [5.74, 6) is -1.06. The first-order valence-corrected chi connectivity index (χ1v) is 9.48. The number of aromatic nitrogens is 2. The van der Waals surface area contributed by atoms with E-state index >= 15 is 0 Å². The van der Waals surface area contributed by atoms with Gasteiger partial charge in [-0.15, -0.1) is 0 Å². The largest absolute Gasteiger partial charge is 0.469 e. The molecular weight excluding hydrogens is 384 g/mol. The van der Waals surface area contributed by atoms with Crippen molar-refractivity contribution in [3.05, 3.63) is 34.6 Å². The zero-order valence-corrected chi connectivity index (χ0v) is 16.7. The van der Waals surface area contributed by atoms with Crippen LogP contribution in [0.1, 0.15) is 6.42 Å². The Morgan fingerprint density at radius 1 is 1.25 bits per heavy atom. The number of benzene rings is 1. The summed E-state index contributed by atoms with van der Waals surface area (Å²) < 4.78 is 5.99. The highest BCUT2D eigenvalue weighted by atomic mass is 32.2. The average molecular weight is 406 g/mol. The number of hydrogen-bond donors (Lipinski definition) is 1. The molecule has 0 fully saturated rings. The minimum atomic E-state index is -0.448. The number of nitrogens with zero attached hydrogens (tertiary/aromatic N) is 3. The number of amides is 2. The number of methoxy groups -OCH3 is 1. The molecule has 150 valence electrons. The molecule has 0 unspecified atom stereocenters. The molecule has 1 N–H and O–H groups in total. The average Bonchev–Trinajstić information content (AvgIpc) is 2.69. The number of thioether (sulfide) groups is 1. The molecule has 0 aliphatic heterocycles. The number of hydrogen-bond acceptors (Lipinski definition) is 7. The SMILES string of the molecule is COC(=O)CCn1c(SCC(=O)NCC(=O)N(C)C)nc2ccccc2c1=O. The first-order chi connectivity index (χ1) is 13.3. The summed E-state index contributed by atoms with van der Waals surface area (Å²) in [6.07, 6.45) is 0.00746. The minimum Gasteiger partial charge on any atom is -0.469 e. The van der Waals surface area contributed by atoms with Crippen molar-refractivity contribution in [3.8, 4) is 0 Å². The van der Waals surface area contributed by atoms with E-state index in [4.69, 9.17) is 0 Å². The number of nitrogens with one attached hydrogen (secondary N) is 1. The predicted octanol–water partition coefficient (Wildman–Crippen LogP) is 0.256. The van der Waals surface area contributed by atoms with E-state index in [-0.39, 0.29) is 42.6 Å². The summed E-state index contributed by atoms with van der Waals surface area (Å²) in [4.78, 5) is 53.7. The van der Waals surface area contributed by atoms with Gasteiger partial charge in [0, 0.05) is 20.6 Å². The summed E-state index contributed by atoms with van der Waals surface area (Å²) >= 11 is 1.07. The third-order valence-corrected chi connectivity index (χ3v) is 4.84. The van der Waals surface area contributed by atoms with Gasteiger partial charge >= 0.3 is 5.97 Å². The monoisotopic (exact) mass is 406 g/mol. The Bertz CT molecular complexity index is 941. The third kappa shape index (κ3) is 5.56. The number of carbonyl (C=O) groups is 3. The quantitative estimate of drug-likeness (QED) is 0.380. The Kier molecular flexibility index (Phi) is 7.56. The number of likely N-dealkylation sites (N-methyl/N-ethyl adjacent to an activating group) is 1. The lowest BCUT2D eigenvalue weighted by Gasteiger charge is -2.13. The highest BCUT2D eigenvalue weighted by Crippen LogP contribution is 2.18. The number of para-hydroxylation sites is 1. The van der Waals surface area contributed by atoms with Crippen LogP contribution in [0.5, 0.6) is 0 Å². The van der Waals surface area contributed by atoms with E-state index < -0.39 is 5.97 Å². The van der Waals surface area contributed by atoms with Crippen LogP contribution in [0, 0.1) is 0 Å². The molecule has 0 aliphatic rings. The molecule has 10 heteroatoms. The second-order valence-electron chi connectivity index (χ2n) is 6.05. The van der Waals surface area contributed by atoms with Gasteiger partial charge in [-0.25, -0.2) is 4.98 Å². The maximum absolute atomic E-state index is 12.8. The van der Waals surface area contributed by atoms with Crippen molar-refractivity contribution in [2.45, 2.75) is 18.1 Å². The van der Waals surface area contributed by atoms with Gasteiger partial charge in [0.25, 0.3) is 5.56 Å². The molecule has 0 aliphatic carbocycles. The lowest BCUT2D eigenvalue weighted by atomic mass is 10.2. The minimum absolute atomic E-state index is 0.00746. The molecule has 0 saturated heterocycles. The Morgan fingerprint density at radius 2 is 1.96 bits per heavy atom. The van der Waals surface area contributed by atoms with Crippen molar-refractivity contribution in [2.75, 3.05) is 33.5 Å². The van der Waals surface area contributed by atoms with Gasteiger partial charge in [0.1, 0.15) is 0 Å². The Labute approximate surface area is 166 Å². The fourth-order valence-electron chi connectivity index (χ4n) is 2.27. The van der Waals surface area contributed by atoms with Crippen LogP contribution in [-0.4, -0.2) is 65.7 Å². The molecule has 2 amide bonds. The molecule has 0 atom stereocenters. The second-order valence-corrected chi connectivity index (χ2v) is 6.99. The molecule has 0 bridgehead atoms. The second kappa shape index (κ2) is 9.88. The smallest absolute Gasteiger partial charge is 0.307 e. The van der Waals surface area contributed by atoms with E-state index in [0.29, 0.717) is 16.1 Å². The summed E-state index contributed by atoms with van der Waals surface area (Å²) in [5, 5.41) is 3.27. The highest BCUT2D eigenvalue weighted by Gasteiger charge is 2.15. The fourth-order valence-corrected chi connectivity index (χ4v) is 3.13. The molecular formula is C18H22N4O5S. The fraction of sp³-hybridized carbons (Fsp3) is 0.389. The standard InChI is InChI=1S/C18H22N4O5S/c1-21(2)15(24)10-19-14(23)11-28-18-20-13-7-5-4-6-12(13)17(26)22(18)9-8-16(25)27-3/h4-7H,8-11H2,1-3H3,(H,19,23). The summed E-state index contributed by atoms with van der Waals surface area (Å²) in [6.45, 7) is -0.0148. The van der Waals surface area contributed by atoms with Crippen LogP contribution in [0.2, 0.25) is 0 Å². The number of carbonyl (C=O) groups excluding carboxylic acids is 3. The zero-order valence-electron chi connectivity index (χ0n) is 15.9. The Hall–Kier alpha value is -2.88. The van der Waals surface area contributed by atoms with E-state index in [1.807, 2.05) is 0 Å². The van der Waals surface area contributed by atoms with Gasteiger partial charge in [-0.2, -0.15) is 0 Å². The zero-order chi connectivity index (χ0) is 20.7. The van der Waals surface area contributed by atoms with E-state index in [1.165, 1.54) is 16.6 Å². The van der Waals surface area contributed by atoms with E-state index in [0.717, 1.165) is 11.8 Å². The molecule has 1 heterocycles. The maximum Gasteiger partial charge on any atom is 0.307 e. The van der Waals surface area contributed by atoms with Crippen LogP contribution in [0.3, 0.4) is 0 Å². The van der Waals surface area contributed by atoms with Crippen LogP contribution in [0.15, 0.2) is 34.2 Å². The van der Waals surface area contributed by atoms with Crippen molar-refractivity contribution < 1.29 is 19.1 Å². The molecule has 2 aromatic rings. The van der Waals surface area contributed by atoms with Crippen molar-refractivity contribution in [2.24, 2.45) is 0 Å². The van der Waals surface area contributed by atoms with Crippen molar-refractivity contribution in [1.82, 2.24) is 19.8 Å². The van der Waals surface area contributed by atoms with Gasteiger partial charge in [-0.1, -0.05) is 23.9 Å². The molecule has 28 heavy (non-hydrogen) atoms. The molecule has 2 rings (SSSR count). The summed E-state index contributed by atoms with van der Waals surface area (Å²) in [7, 11) is 4.48. The summed E-state index contributed by atoms with van der Waals surface area (Å²) in [6, 6.07) is 6.87. The van der Waals surface area contributed by atoms with E-state index in [9.17, 15) is 19.2 Å². The van der Waals surface area contributed by atoms with Gasteiger partial charge in [0.2, 0.25) is 11.8 Å². The van der Waals surface area contributed by atoms with Crippen molar-refractivity contribution in [1.29, 1.82) is 0 Å². The van der Waals surface area contributed by atoms with Gasteiger partial charge < -0.3 is 15.0 Å². The number of ether oxygens (including phenoxy) is 1. The van der Waals surface area contributed by atoms with Gasteiger partial charge in [0.05, 0.1) is 36.7 Å². The molecule has 1 aromatic carbocycles. The van der Waals surface area contributed by atoms with Gasteiger partial charge in [-0.3, -0.25) is 23.7 Å². The first kappa shape index (κ1) is 21.4. The molecule has 0 spiro atoms. The molecule has 0 saturated carbocycles. The van der Waals surface area contributed by atoms with E-state index in [2.05, 4.69) is 15.0 Å². The molecule has 0 radical (unpaired) electrons. The third-order valence-electron chi connectivity index (χ3n) is 3.86. The predicted molar refractivity (Wildman–Crippen MR) is 105 cm³/mol. The Morgan fingerprint density at radius 3 is 2.64 bits per heavy atom. The number of esters is 1. The summed E-state index contributed by atoms with van der Waals surface area (Å²) in [5.41, 5.74) is 0.215. The molecule has 9 nitrogen and oxygen atoms in total. The highest BCUT2D eigenvalue weighted by molar-refractivity contribution is 7.99. The van der Waals surface area contributed by atoms with E-state index in [1.54, 1.807) is 38.4 Å². The topological polar surface area (TPSA) is 111 Å². The van der Waals surface area contributed by atoms with Crippen LogP contribution >= 0.6 is 11.8 Å². The lowest BCUT2D eigenvalue weighted by Crippen LogP contribution is -2.37. The van der Waals surface area contributed by atoms with Crippen LogP contribution < -0.4 is 10.9 Å². The number of rotatable bonds is 8. The molecule has 1 aromatic heterocycles. The van der Waals surface area contributed by atoms with Crippen molar-refractivity contribution in [3.63, 3.8) is 0 Å². The van der Waals surface area contributed by atoms with Crippen LogP contribution in [-0.2, 0) is 25.7 Å². The normalized spacial score (nSPS) is 10.5. The first-order valence-electron chi connectivity index (χ1n) is 8.49. The van der Waals surface area contributed by atoms with Crippen molar-refractivity contribution >= 4 is 40.4 Å². The lowest BCUT2D eigenvalue weighted by molar-refractivity contribution is -0.140.